The Hall–Kier alpha value is -2.22. The van der Waals surface area contributed by atoms with Crippen molar-refractivity contribution in [3.8, 4) is 5.75 Å². The smallest absolute Gasteiger partial charge is 0.387 e. The first-order chi connectivity index (χ1) is 9.24. The largest absolute Gasteiger partial charge is 0.479 e. The highest BCUT2D eigenvalue weighted by atomic mass is 19.3. The lowest BCUT2D eigenvalue weighted by molar-refractivity contribution is -0.155. The highest BCUT2D eigenvalue weighted by Gasteiger charge is 2.30. The molecule has 0 aliphatic rings. The maximum Gasteiger partial charge on any atom is 0.387 e. The molecule has 0 saturated heterocycles. The van der Waals surface area contributed by atoms with Crippen molar-refractivity contribution in [2.45, 2.75) is 19.1 Å². The number of benzene rings is 1. The second-order valence-electron chi connectivity index (χ2n) is 4.14. The van der Waals surface area contributed by atoms with Crippen molar-refractivity contribution in [3.05, 3.63) is 29.8 Å². The predicted octanol–water partition coefficient (Wildman–Crippen LogP) is 0.853. The molecule has 0 aliphatic heterocycles. The summed E-state index contributed by atoms with van der Waals surface area (Å²) in [5.41, 5.74) is -2.34. The average molecular weight is 289 g/mol. The fraction of sp³-hybridized carbons (Fsp3) is 0.333. The van der Waals surface area contributed by atoms with Crippen LogP contribution in [0.2, 0.25) is 0 Å². The van der Waals surface area contributed by atoms with Crippen LogP contribution in [0.1, 0.15) is 17.3 Å². The summed E-state index contributed by atoms with van der Waals surface area (Å²) in [6.07, 6.45) is 0. The van der Waals surface area contributed by atoms with Crippen LogP contribution in [0, 0.1) is 0 Å². The SMILES string of the molecule is CC(O)(CNC(=O)c1ccccc1OC(F)F)C(=O)O. The van der Waals surface area contributed by atoms with E-state index in [9.17, 15) is 23.5 Å². The number of alkyl halides is 2. The number of aliphatic hydroxyl groups is 1. The van der Waals surface area contributed by atoms with Crippen molar-refractivity contribution in [1.82, 2.24) is 5.32 Å². The van der Waals surface area contributed by atoms with E-state index in [0.717, 1.165) is 6.92 Å². The van der Waals surface area contributed by atoms with Gasteiger partial charge in [0.25, 0.3) is 5.91 Å². The molecule has 110 valence electrons. The van der Waals surface area contributed by atoms with E-state index >= 15 is 0 Å². The number of hydrogen-bond donors (Lipinski definition) is 3. The number of hydrogen-bond acceptors (Lipinski definition) is 4. The molecular formula is C12H13F2NO5. The van der Waals surface area contributed by atoms with Crippen LogP contribution < -0.4 is 10.1 Å². The zero-order valence-electron chi connectivity index (χ0n) is 10.5. The molecule has 1 atom stereocenters. The highest BCUT2D eigenvalue weighted by molar-refractivity contribution is 5.97. The third-order valence-electron chi connectivity index (χ3n) is 2.40. The minimum atomic E-state index is -3.09. The van der Waals surface area contributed by atoms with Crippen LogP contribution in [0.5, 0.6) is 5.75 Å². The number of carbonyl (C=O) groups is 2. The molecule has 20 heavy (non-hydrogen) atoms. The van der Waals surface area contributed by atoms with E-state index < -0.39 is 30.6 Å². The molecule has 0 bridgehead atoms. The lowest BCUT2D eigenvalue weighted by Gasteiger charge is -2.18. The van der Waals surface area contributed by atoms with Crippen LogP contribution in [-0.4, -0.2) is 40.8 Å². The summed E-state index contributed by atoms with van der Waals surface area (Å²) in [7, 11) is 0. The molecule has 3 N–H and O–H groups in total. The monoisotopic (exact) mass is 289 g/mol. The van der Waals surface area contributed by atoms with Crippen LogP contribution >= 0.6 is 0 Å². The Balaban J connectivity index is 2.80. The Morgan fingerprint density at radius 1 is 1.40 bits per heavy atom. The Labute approximate surface area is 113 Å². The summed E-state index contributed by atoms with van der Waals surface area (Å²) >= 11 is 0. The van der Waals surface area contributed by atoms with Crippen molar-refractivity contribution in [2.24, 2.45) is 0 Å². The van der Waals surface area contributed by atoms with E-state index in [2.05, 4.69) is 10.1 Å². The third kappa shape index (κ3) is 4.16. The number of halogens is 2. The first-order valence-corrected chi connectivity index (χ1v) is 5.52. The Morgan fingerprint density at radius 3 is 2.55 bits per heavy atom. The molecule has 1 unspecified atom stereocenters. The van der Waals surface area contributed by atoms with Gasteiger partial charge in [0.15, 0.2) is 5.60 Å². The number of para-hydroxylation sites is 1. The molecule has 0 aliphatic carbocycles. The molecule has 1 amide bonds. The summed E-state index contributed by atoms with van der Waals surface area (Å²) in [6.45, 7) is -2.67. The number of carboxylic acid groups (broad SMARTS) is 1. The molecule has 1 rings (SSSR count). The Bertz CT molecular complexity index is 504. The number of nitrogens with one attached hydrogen (secondary N) is 1. The van der Waals surface area contributed by atoms with E-state index in [0.29, 0.717) is 0 Å². The quantitative estimate of drug-likeness (QED) is 0.721. The van der Waals surface area contributed by atoms with Gasteiger partial charge >= 0.3 is 12.6 Å². The first kappa shape index (κ1) is 15.8. The molecule has 6 nitrogen and oxygen atoms in total. The predicted molar refractivity (Wildman–Crippen MR) is 63.7 cm³/mol. The second kappa shape index (κ2) is 6.29. The standard InChI is InChI=1S/C12H13F2NO5/c1-12(19,10(17)18)6-15-9(16)7-4-2-3-5-8(7)20-11(13)14/h2-5,11,19H,6H2,1H3,(H,15,16)(H,17,18). The fourth-order valence-electron chi connectivity index (χ4n) is 1.28. The van der Waals surface area contributed by atoms with Crippen LogP contribution in [0.4, 0.5) is 8.78 Å². The van der Waals surface area contributed by atoms with Gasteiger partial charge in [0.2, 0.25) is 0 Å². The highest BCUT2D eigenvalue weighted by Crippen LogP contribution is 2.20. The van der Waals surface area contributed by atoms with E-state index in [1.807, 2.05) is 0 Å². The number of amides is 1. The van der Waals surface area contributed by atoms with Gasteiger partial charge in [-0.3, -0.25) is 4.79 Å². The minimum Gasteiger partial charge on any atom is -0.479 e. The summed E-state index contributed by atoms with van der Waals surface area (Å²) in [5.74, 6) is -2.69. The molecule has 0 aromatic heterocycles. The molecule has 0 heterocycles. The van der Waals surface area contributed by atoms with Gasteiger partial charge < -0.3 is 20.3 Å². The van der Waals surface area contributed by atoms with Crippen LogP contribution in [0.25, 0.3) is 0 Å². The number of aliphatic carboxylic acids is 1. The van der Waals surface area contributed by atoms with Crippen molar-refractivity contribution in [1.29, 1.82) is 0 Å². The third-order valence-corrected chi connectivity index (χ3v) is 2.40. The van der Waals surface area contributed by atoms with Crippen LogP contribution in [0.15, 0.2) is 24.3 Å². The van der Waals surface area contributed by atoms with E-state index in [1.165, 1.54) is 24.3 Å². The molecule has 0 radical (unpaired) electrons. The Kier molecular flexibility index (Phi) is 4.98. The maximum absolute atomic E-state index is 12.2. The lowest BCUT2D eigenvalue weighted by atomic mass is 10.1. The molecule has 0 saturated carbocycles. The molecule has 0 fully saturated rings. The second-order valence-corrected chi connectivity index (χ2v) is 4.14. The van der Waals surface area contributed by atoms with Gasteiger partial charge in [-0.2, -0.15) is 8.78 Å². The van der Waals surface area contributed by atoms with Crippen molar-refractivity contribution < 1.29 is 33.3 Å². The van der Waals surface area contributed by atoms with E-state index in [4.69, 9.17) is 5.11 Å². The van der Waals surface area contributed by atoms with E-state index in [1.54, 1.807) is 0 Å². The van der Waals surface area contributed by atoms with E-state index in [-0.39, 0.29) is 11.3 Å². The number of carboxylic acids is 1. The van der Waals surface area contributed by atoms with Gasteiger partial charge in [-0.15, -0.1) is 0 Å². The summed E-state index contributed by atoms with van der Waals surface area (Å²) in [6, 6.07) is 5.25. The normalized spacial score (nSPS) is 13.7. The summed E-state index contributed by atoms with van der Waals surface area (Å²) < 4.78 is 28.5. The van der Waals surface area contributed by atoms with Gasteiger partial charge in [-0.25, -0.2) is 4.79 Å². The van der Waals surface area contributed by atoms with Gasteiger partial charge in [0.1, 0.15) is 5.75 Å². The average Bonchev–Trinajstić information content (AvgIpc) is 2.36. The summed E-state index contributed by atoms with van der Waals surface area (Å²) in [5, 5.41) is 20.2. The fourth-order valence-corrected chi connectivity index (χ4v) is 1.28. The zero-order valence-corrected chi connectivity index (χ0v) is 10.5. The molecule has 8 heteroatoms. The van der Waals surface area contributed by atoms with Crippen LogP contribution in [-0.2, 0) is 4.79 Å². The van der Waals surface area contributed by atoms with Gasteiger partial charge in [0.05, 0.1) is 12.1 Å². The van der Waals surface area contributed by atoms with Crippen LogP contribution in [0.3, 0.4) is 0 Å². The zero-order chi connectivity index (χ0) is 15.3. The first-order valence-electron chi connectivity index (χ1n) is 5.52. The van der Waals surface area contributed by atoms with Gasteiger partial charge in [-0.1, -0.05) is 12.1 Å². The molecular weight excluding hydrogens is 276 g/mol. The topological polar surface area (TPSA) is 95.9 Å². The molecule has 0 spiro atoms. The lowest BCUT2D eigenvalue weighted by Crippen LogP contribution is -2.46. The van der Waals surface area contributed by atoms with Crippen molar-refractivity contribution >= 4 is 11.9 Å². The molecule has 1 aromatic rings. The maximum atomic E-state index is 12.2. The number of carbonyl (C=O) groups excluding carboxylic acids is 1. The van der Waals surface area contributed by atoms with Gasteiger partial charge in [0, 0.05) is 0 Å². The van der Waals surface area contributed by atoms with Crippen molar-refractivity contribution in [2.75, 3.05) is 6.54 Å². The number of ether oxygens (including phenoxy) is 1. The Morgan fingerprint density at radius 2 is 2.00 bits per heavy atom. The van der Waals surface area contributed by atoms with Gasteiger partial charge in [-0.05, 0) is 19.1 Å². The number of rotatable bonds is 6. The minimum absolute atomic E-state index is 0.186. The molecule has 1 aromatic carbocycles. The summed E-state index contributed by atoms with van der Waals surface area (Å²) in [4.78, 5) is 22.4. The van der Waals surface area contributed by atoms with Crippen molar-refractivity contribution in [3.63, 3.8) is 0 Å².